The second-order valence-electron chi connectivity index (χ2n) is 6.25. The molecule has 0 unspecified atom stereocenters. The number of hydrogen-bond acceptors (Lipinski definition) is 3. The Kier molecular flexibility index (Phi) is 6.91. The van der Waals surface area contributed by atoms with Gasteiger partial charge in [0.15, 0.2) is 0 Å². The summed E-state index contributed by atoms with van der Waals surface area (Å²) < 4.78 is 28.5. The molecule has 1 heterocycles. The van der Waals surface area contributed by atoms with Gasteiger partial charge in [0.2, 0.25) is 0 Å². The molecule has 120 valence electrons. The molecule has 0 spiro atoms. The van der Waals surface area contributed by atoms with E-state index in [1.807, 2.05) is 13.8 Å². The van der Waals surface area contributed by atoms with Crippen LogP contribution in [0.15, 0.2) is 0 Å². The van der Waals surface area contributed by atoms with Gasteiger partial charge < -0.3 is 5.32 Å². The molecular weight excluding hydrogens is 274 g/mol. The fourth-order valence-electron chi connectivity index (χ4n) is 2.82. The first-order chi connectivity index (χ1) is 9.26. The molecule has 1 N–H and O–H groups in total. The Morgan fingerprint density at radius 2 is 1.80 bits per heavy atom. The quantitative estimate of drug-likeness (QED) is 0.730. The van der Waals surface area contributed by atoms with Crippen molar-refractivity contribution in [2.24, 2.45) is 0 Å². The first-order valence-corrected chi connectivity index (χ1v) is 9.14. The molecule has 0 aliphatic carbocycles. The largest absolute Gasteiger partial charge is 0.314 e. The summed E-state index contributed by atoms with van der Waals surface area (Å²) in [7, 11) is -1.63. The van der Waals surface area contributed by atoms with Crippen LogP contribution in [0.5, 0.6) is 0 Å². The van der Waals surface area contributed by atoms with Crippen molar-refractivity contribution in [1.29, 1.82) is 0 Å². The molecule has 0 aromatic rings. The van der Waals surface area contributed by atoms with Crippen molar-refractivity contribution in [2.75, 3.05) is 20.1 Å². The zero-order valence-corrected chi connectivity index (χ0v) is 14.4. The van der Waals surface area contributed by atoms with Crippen LogP contribution in [0.1, 0.15) is 53.4 Å². The van der Waals surface area contributed by atoms with Gasteiger partial charge in [-0.05, 0) is 39.7 Å². The fraction of sp³-hybridized carbons (Fsp3) is 1.00. The van der Waals surface area contributed by atoms with Crippen LogP contribution < -0.4 is 5.32 Å². The molecule has 1 saturated heterocycles. The lowest BCUT2D eigenvalue weighted by molar-refractivity contribution is 0.191. The predicted octanol–water partition coefficient (Wildman–Crippen LogP) is 1.81. The minimum absolute atomic E-state index is 0.111. The Morgan fingerprint density at radius 1 is 1.25 bits per heavy atom. The fourth-order valence-corrected chi connectivity index (χ4v) is 4.62. The summed E-state index contributed by atoms with van der Waals surface area (Å²) in [6, 6.07) is 0.666. The van der Waals surface area contributed by atoms with E-state index < -0.39 is 10.2 Å². The van der Waals surface area contributed by atoms with E-state index in [0.29, 0.717) is 12.6 Å². The Labute approximate surface area is 124 Å². The molecule has 2 atom stereocenters. The molecule has 0 radical (unpaired) electrons. The third-order valence-electron chi connectivity index (χ3n) is 3.98. The molecule has 1 aliphatic heterocycles. The summed E-state index contributed by atoms with van der Waals surface area (Å²) in [5.41, 5.74) is 0. The van der Waals surface area contributed by atoms with Crippen LogP contribution in [0.2, 0.25) is 0 Å². The highest BCUT2D eigenvalue weighted by Crippen LogP contribution is 2.26. The first kappa shape index (κ1) is 17.9. The Morgan fingerprint density at radius 3 is 2.30 bits per heavy atom. The van der Waals surface area contributed by atoms with Gasteiger partial charge in [-0.1, -0.05) is 20.3 Å². The molecule has 0 saturated carbocycles. The minimum Gasteiger partial charge on any atom is -0.314 e. The Hall–Kier alpha value is -0.170. The van der Waals surface area contributed by atoms with Crippen molar-refractivity contribution < 1.29 is 8.42 Å². The van der Waals surface area contributed by atoms with Gasteiger partial charge in [0, 0.05) is 31.7 Å². The van der Waals surface area contributed by atoms with Gasteiger partial charge in [-0.2, -0.15) is 17.0 Å². The van der Waals surface area contributed by atoms with Crippen molar-refractivity contribution in [1.82, 2.24) is 13.9 Å². The van der Waals surface area contributed by atoms with Crippen LogP contribution in [0.3, 0.4) is 0 Å². The van der Waals surface area contributed by atoms with Crippen LogP contribution in [0, 0.1) is 0 Å². The van der Waals surface area contributed by atoms with Gasteiger partial charge in [0.25, 0.3) is 10.2 Å². The van der Waals surface area contributed by atoms with E-state index in [4.69, 9.17) is 0 Å². The van der Waals surface area contributed by atoms with E-state index in [1.165, 1.54) is 4.31 Å². The molecule has 20 heavy (non-hydrogen) atoms. The zero-order chi connectivity index (χ0) is 15.3. The number of hydrogen-bond donors (Lipinski definition) is 1. The summed E-state index contributed by atoms with van der Waals surface area (Å²) >= 11 is 0. The molecule has 5 nitrogen and oxygen atoms in total. The summed E-state index contributed by atoms with van der Waals surface area (Å²) in [5, 5.41) is 3.31. The van der Waals surface area contributed by atoms with E-state index in [0.717, 1.165) is 32.2 Å². The zero-order valence-electron chi connectivity index (χ0n) is 13.6. The summed E-state index contributed by atoms with van der Waals surface area (Å²) in [6.45, 7) is 9.64. The lowest BCUT2D eigenvalue weighted by atomic mass is 10.0. The molecule has 1 rings (SSSR count). The van der Waals surface area contributed by atoms with Crippen molar-refractivity contribution in [2.45, 2.75) is 71.5 Å². The topological polar surface area (TPSA) is 52.7 Å². The minimum atomic E-state index is -3.32. The Bertz CT molecular complexity index is 374. The van der Waals surface area contributed by atoms with Gasteiger partial charge in [-0.25, -0.2) is 0 Å². The maximum absolute atomic E-state index is 12.7. The second-order valence-corrected chi connectivity index (χ2v) is 8.19. The van der Waals surface area contributed by atoms with Crippen LogP contribution >= 0.6 is 0 Å². The van der Waals surface area contributed by atoms with Gasteiger partial charge >= 0.3 is 0 Å². The molecule has 0 aromatic heterocycles. The molecule has 1 aliphatic rings. The van der Waals surface area contributed by atoms with Crippen LogP contribution in [-0.4, -0.2) is 55.3 Å². The highest BCUT2D eigenvalue weighted by molar-refractivity contribution is 7.86. The van der Waals surface area contributed by atoms with Crippen LogP contribution in [0.4, 0.5) is 0 Å². The SMILES string of the molecule is CC(C)NCCCN(C)S(=O)(=O)N1[C@H](C)CCC[C@@H]1C. The average Bonchev–Trinajstić information content (AvgIpc) is 2.33. The van der Waals surface area contributed by atoms with E-state index in [-0.39, 0.29) is 12.1 Å². The van der Waals surface area contributed by atoms with Gasteiger partial charge in [0.1, 0.15) is 0 Å². The molecular formula is C14H31N3O2S. The van der Waals surface area contributed by atoms with Crippen molar-refractivity contribution in [3.8, 4) is 0 Å². The lowest BCUT2D eigenvalue weighted by Crippen LogP contribution is -2.52. The summed E-state index contributed by atoms with van der Waals surface area (Å²) in [5.74, 6) is 0. The third-order valence-corrected chi connectivity index (χ3v) is 6.20. The number of nitrogens with zero attached hydrogens (tertiary/aromatic N) is 2. The Balaban J connectivity index is 2.57. The van der Waals surface area contributed by atoms with E-state index >= 15 is 0 Å². The first-order valence-electron chi connectivity index (χ1n) is 7.75. The van der Waals surface area contributed by atoms with Crippen LogP contribution in [-0.2, 0) is 10.2 Å². The highest BCUT2D eigenvalue weighted by Gasteiger charge is 2.36. The van der Waals surface area contributed by atoms with E-state index in [9.17, 15) is 8.42 Å². The predicted molar refractivity (Wildman–Crippen MR) is 83.9 cm³/mol. The van der Waals surface area contributed by atoms with E-state index in [1.54, 1.807) is 11.4 Å². The summed E-state index contributed by atoms with van der Waals surface area (Å²) in [4.78, 5) is 0. The van der Waals surface area contributed by atoms with Gasteiger partial charge in [-0.15, -0.1) is 0 Å². The van der Waals surface area contributed by atoms with Crippen molar-refractivity contribution in [3.63, 3.8) is 0 Å². The smallest absolute Gasteiger partial charge is 0.282 e. The van der Waals surface area contributed by atoms with Gasteiger partial charge in [-0.3, -0.25) is 0 Å². The number of nitrogens with one attached hydrogen (secondary N) is 1. The van der Waals surface area contributed by atoms with Crippen molar-refractivity contribution in [3.05, 3.63) is 0 Å². The lowest BCUT2D eigenvalue weighted by Gasteiger charge is -2.39. The average molecular weight is 305 g/mol. The van der Waals surface area contributed by atoms with Gasteiger partial charge in [0.05, 0.1) is 0 Å². The molecule has 0 aromatic carbocycles. The monoisotopic (exact) mass is 305 g/mol. The molecule has 1 fully saturated rings. The highest BCUT2D eigenvalue weighted by atomic mass is 32.2. The number of rotatable bonds is 7. The maximum atomic E-state index is 12.7. The second kappa shape index (κ2) is 7.73. The standard InChI is InChI=1S/C14H31N3O2S/c1-12(2)15-10-7-11-16(5)20(18,19)17-13(3)8-6-9-14(17)4/h12-15H,6-11H2,1-5H3/t13-,14+. The van der Waals surface area contributed by atoms with Crippen molar-refractivity contribution >= 4 is 10.2 Å². The third kappa shape index (κ3) is 4.69. The summed E-state index contributed by atoms with van der Waals surface area (Å²) in [6.07, 6.45) is 3.89. The van der Waals surface area contributed by atoms with E-state index in [2.05, 4.69) is 19.2 Å². The molecule has 0 amide bonds. The van der Waals surface area contributed by atoms with Crippen LogP contribution in [0.25, 0.3) is 0 Å². The molecule has 6 heteroatoms. The maximum Gasteiger partial charge on any atom is 0.282 e. The number of piperidine rings is 1. The molecule has 0 bridgehead atoms. The normalized spacial score (nSPS) is 25.6.